The molecule has 3 aromatic rings. The molecule has 1 aromatic heterocycles. The second-order valence-corrected chi connectivity index (χ2v) is 5.79. The number of aryl methyl sites for hydroxylation is 1. The molecular formula is C21H15N5O2. The van der Waals surface area contributed by atoms with Crippen molar-refractivity contribution in [2.45, 2.75) is 6.92 Å². The first-order chi connectivity index (χ1) is 13.6. The highest BCUT2D eigenvalue weighted by molar-refractivity contribution is 6.08. The van der Waals surface area contributed by atoms with Crippen LogP contribution in [0.1, 0.15) is 16.1 Å². The second kappa shape index (κ2) is 8.35. The Bertz CT molecular complexity index is 1080. The number of nitrogens with zero attached hydrogens (tertiary/aromatic N) is 3. The predicted octanol–water partition coefficient (Wildman–Crippen LogP) is 4.25. The lowest BCUT2D eigenvalue weighted by Crippen LogP contribution is -2.13. The minimum absolute atomic E-state index is 0.0336. The molecule has 1 heterocycles. The molecule has 2 N–H and O–H groups in total. The summed E-state index contributed by atoms with van der Waals surface area (Å²) >= 11 is 0. The van der Waals surface area contributed by atoms with E-state index in [0.717, 1.165) is 5.56 Å². The van der Waals surface area contributed by atoms with Crippen LogP contribution in [0.15, 0.2) is 70.9 Å². The third kappa shape index (κ3) is 4.06. The average Bonchev–Trinajstić information content (AvgIpc) is 3.12. The van der Waals surface area contributed by atoms with Gasteiger partial charge in [0.2, 0.25) is 0 Å². The Morgan fingerprint density at radius 1 is 1.04 bits per heavy atom. The number of amides is 1. The smallest absolute Gasteiger partial charge is 0.261 e. The molecule has 0 bridgehead atoms. The van der Waals surface area contributed by atoms with Crippen LogP contribution in [0.2, 0.25) is 0 Å². The Balaban J connectivity index is 1.76. The van der Waals surface area contributed by atoms with Crippen molar-refractivity contribution >= 4 is 17.3 Å². The van der Waals surface area contributed by atoms with Gasteiger partial charge in [-0.1, -0.05) is 35.5 Å². The highest BCUT2D eigenvalue weighted by Gasteiger charge is 2.21. The van der Waals surface area contributed by atoms with E-state index in [0.29, 0.717) is 28.4 Å². The molecule has 0 saturated carbocycles. The largest absolute Gasteiger partial charge is 0.360 e. The topological polar surface area (TPSA) is 115 Å². The summed E-state index contributed by atoms with van der Waals surface area (Å²) in [6, 6.07) is 19.7. The third-order valence-corrected chi connectivity index (χ3v) is 3.90. The van der Waals surface area contributed by atoms with Gasteiger partial charge in [0.25, 0.3) is 5.91 Å². The molecule has 7 heteroatoms. The summed E-state index contributed by atoms with van der Waals surface area (Å²) in [5.74, 6) is 0.106. The molecule has 0 radical (unpaired) electrons. The number of hydrogen-bond donors (Lipinski definition) is 2. The van der Waals surface area contributed by atoms with E-state index < -0.39 is 0 Å². The summed E-state index contributed by atoms with van der Waals surface area (Å²) in [5.41, 5.74) is 2.88. The Labute approximate surface area is 161 Å². The van der Waals surface area contributed by atoms with Crippen molar-refractivity contribution in [1.29, 1.82) is 10.5 Å². The number of nitriles is 2. The molecule has 1 amide bonds. The fourth-order valence-electron chi connectivity index (χ4n) is 2.52. The number of allylic oxidation sites excluding steroid dienone is 1. The van der Waals surface area contributed by atoms with Crippen molar-refractivity contribution in [3.05, 3.63) is 77.7 Å². The van der Waals surface area contributed by atoms with E-state index >= 15 is 0 Å². The first-order valence-electron chi connectivity index (χ1n) is 8.32. The maximum atomic E-state index is 12.8. The molecule has 0 aliphatic carbocycles. The van der Waals surface area contributed by atoms with E-state index in [2.05, 4.69) is 15.8 Å². The zero-order valence-electron chi connectivity index (χ0n) is 14.9. The molecular weight excluding hydrogens is 354 g/mol. The van der Waals surface area contributed by atoms with Gasteiger partial charge in [0.05, 0.1) is 0 Å². The zero-order valence-corrected chi connectivity index (χ0v) is 14.9. The van der Waals surface area contributed by atoms with E-state index in [1.165, 1.54) is 6.20 Å². The number of hydrogen-bond acceptors (Lipinski definition) is 6. The van der Waals surface area contributed by atoms with Crippen LogP contribution >= 0.6 is 0 Å². The van der Waals surface area contributed by atoms with Crippen LogP contribution in [0.25, 0.3) is 11.3 Å². The van der Waals surface area contributed by atoms with Gasteiger partial charge in [-0.25, -0.2) is 0 Å². The predicted molar refractivity (Wildman–Crippen MR) is 104 cm³/mol. The highest BCUT2D eigenvalue weighted by atomic mass is 16.5. The van der Waals surface area contributed by atoms with Crippen molar-refractivity contribution in [1.82, 2.24) is 5.16 Å². The van der Waals surface area contributed by atoms with Crippen LogP contribution in [-0.4, -0.2) is 11.1 Å². The van der Waals surface area contributed by atoms with E-state index in [9.17, 15) is 4.79 Å². The van der Waals surface area contributed by atoms with Crippen molar-refractivity contribution in [2.75, 3.05) is 10.6 Å². The van der Waals surface area contributed by atoms with E-state index in [1.807, 2.05) is 30.3 Å². The van der Waals surface area contributed by atoms with Crippen LogP contribution in [0.3, 0.4) is 0 Å². The molecule has 28 heavy (non-hydrogen) atoms. The Hall–Kier alpha value is -4.36. The minimum Gasteiger partial charge on any atom is -0.360 e. The normalized spacial score (nSPS) is 9.68. The van der Waals surface area contributed by atoms with Crippen LogP contribution in [-0.2, 0) is 0 Å². The molecule has 0 spiro atoms. The van der Waals surface area contributed by atoms with Gasteiger partial charge in [-0.05, 0) is 31.2 Å². The molecule has 0 unspecified atom stereocenters. The molecule has 0 saturated heterocycles. The lowest BCUT2D eigenvalue weighted by molar-refractivity contribution is 0.102. The number of anilines is 2. The summed E-state index contributed by atoms with van der Waals surface area (Å²) in [5, 5.41) is 27.1. The Kier molecular flexibility index (Phi) is 5.49. The molecule has 0 aliphatic heterocycles. The average molecular weight is 369 g/mol. The zero-order chi connectivity index (χ0) is 19.9. The number of aromatic nitrogens is 1. The van der Waals surface area contributed by atoms with Crippen LogP contribution in [0.4, 0.5) is 11.4 Å². The molecule has 2 aromatic carbocycles. The first-order valence-corrected chi connectivity index (χ1v) is 8.32. The molecule has 0 aliphatic rings. The van der Waals surface area contributed by atoms with Gasteiger partial charge in [0, 0.05) is 23.1 Å². The van der Waals surface area contributed by atoms with Crippen molar-refractivity contribution in [3.63, 3.8) is 0 Å². The second-order valence-electron chi connectivity index (χ2n) is 5.79. The van der Waals surface area contributed by atoms with Crippen LogP contribution in [0.5, 0.6) is 0 Å². The number of carbonyl (C=O) groups is 1. The van der Waals surface area contributed by atoms with E-state index in [1.54, 1.807) is 43.3 Å². The molecule has 3 rings (SSSR count). The standard InChI is InChI=1S/C21H15N5O2/c1-14-19(20(26-28-14)16-5-3-2-4-6-16)21(27)25-18-9-7-17(8-10-18)24-13-15(11-22)12-23/h2-10,13,24H,1H3,(H,25,27). The molecule has 0 fully saturated rings. The van der Waals surface area contributed by atoms with Gasteiger partial charge in [0.1, 0.15) is 34.7 Å². The molecule has 136 valence electrons. The van der Waals surface area contributed by atoms with Crippen LogP contribution < -0.4 is 10.6 Å². The summed E-state index contributed by atoms with van der Waals surface area (Å²) in [4.78, 5) is 12.8. The summed E-state index contributed by atoms with van der Waals surface area (Å²) < 4.78 is 5.22. The van der Waals surface area contributed by atoms with Gasteiger partial charge < -0.3 is 15.2 Å². The van der Waals surface area contributed by atoms with Gasteiger partial charge in [0.15, 0.2) is 0 Å². The van der Waals surface area contributed by atoms with Crippen LogP contribution in [0, 0.1) is 29.6 Å². The maximum Gasteiger partial charge on any atom is 0.261 e. The number of nitrogens with one attached hydrogen (secondary N) is 2. The first kappa shape index (κ1) is 18.4. The maximum absolute atomic E-state index is 12.8. The van der Waals surface area contributed by atoms with Gasteiger partial charge >= 0.3 is 0 Å². The summed E-state index contributed by atoms with van der Waals surface area (Å²) in [7, 11) is 0. The minimum atomic E-state index is -0.325. The molecule has 7 nitrogen and oxygen atoms in total. The van der Waals surface area contributed by atoms with Crippen molar-refractivity contribution < 1.29 is 9.32 Å². The van der Waals surface area contributed by atoms with Gasteiger partial charge in [-0.15, -0.1) is 0 Å². The number of benzene rings is 2. The quantitative estimate of drug-likeness (QED) is 0.650. The third-order valence-electron chi connectivity index (χ3n) is 3.90. The lowest BCUT2D eigenvalue weighted by Gasteiger charge is -2.07. The Morgan fingerprint density at radius 2 is 1.68 bits per heavy atom. The van der Waals surface area contributed by atoms with E-state index in [4.69, 9.17) is 15.0 Å². The Morgan fingerprint density at radius 3 is 2.32 bits per heavy atom. The summed E-state index contributed by atoms with van der Waals surface area (Å²) in [6.07, 6.45) is 1.32. The fraction of sp³-hybridized carbons (Fsp3) is 0.0476. The van der Waals surface area contributed by atoms with Gasteiger partial charge in [-0.2, -0.15) is 10.5 Å². The van der Waals surface area contributed by atoms with Gasteiger partial charge in [-0.3, -0.25) is 4.79 Å². The van der Waals surface area contributed by atoms with Crippen molar-refractivity contribution in [3.8, 4) is 23.4 Å². The fourth-order valence-corrected chi connectivity index (χ4v) is 2.52. The van der Waals surface area contributed by atoms with E-state index in [-0.39, 0.29) is 11.5 Å². The monoisotopic (exact) mass is 369 g/mol. The summed E-state index contributed by atoms with van der Waals surface area (Å²) in [6.45, 7) is 1.69. The lowest BCUT2D eigenvalue weighted by atomic mass is 10.1. The SMILES string of the molecule is Cc1onc(-c2ccccc2)c1C(=O)Nc1ccc(NC=C(C#N)C#N)cc1. The van der Waals surface area contributed by atoms with Crippen molar-refractivity contribution in [2.24, 2.45) is 0 Å². The number of carbonyl (C=O) groups excluding carboxylic acids is 1. The highest BCUT2D eigenvalue weighted by Crippen LogP contribution is 2.26. The number of rotatable bonds is 5. The molecule has 0 atom stereocenters.